The lowest BCUT2D eigenvalue weighted by molar-refractivity contribution is 0.266. The highest BCUT2D eigenvalue weighted by atomic mass is 16.5. The lowest BCUT2D eigenvalue weighted by Crippen LogP contribution is -2.22. The highest BCUT2D eigenvalue weighted by molar-refractivity contribution is 5.48. The van der Waals surface area contributed by atoms with E-state index in [-0.39, 0.29) is 6.04 Å². The molecule has 0 spiro atoms. The van der Waals surface area contributed by atoms with Crippen LogP contribution in [-0.2, 0) is 0 Å². The van der Waals surface area contributed by atoms with Gasteiger partial charge in [0.2, 0.25) is 0 Å². The van der Waals surface area contributed by atoms with Crippen molar-refractivity contribution >= 4 is 0 Å². The van der Waals surface area contributed by atoms with Gasteiger partial charge in [-0.05, 0) is 25.0 Å². The largest absolute Gasteiger partial charge is 0.493 e. The van der Waals surface area contributed by atoms with Crippen LogP contribution in [0.4, 0.5) is 0 Å². The third kappa shape index (κ3) is 1.31. The maximum atomic E-state index is 6.04. The van der Waals surface area contributed by atoms with Crippen molar-refractivity contribution in [3.8, 4) is 5.75 Å². The van der Waals surface area contributed by atoms with Gasteiger partial charge in [-0.2, -0.15) is 0 Å². The molecule has 0 saturated carbocycles. The molecule has 0 saturated heterocycles. The van der Waals surface area contributed by atoms with E-state index >= 15 is 0 Å². The van der Waals surface area contributed by atoms with Gasteiger partial charge in [0.15, 0.2) is 0 Å². The molecule has 2 nitrogen and oxygen atoms in total. The first-order chi connectivity index (χ1) is 6.20. The van der Waals surface area contributed by atoms with Crippen molar-refractivity contribution in [2.45, 2.75) is 26.3 Å². The van der Waals surface area contributed by atoms with Gasteiger partial charge >= 0.3 is 0 Å². The fourth-order valence-electron chi connectivity index (χ4n) is 1.89. The molecule has 70 valence electrons. The van der Waals surface area contributed by atoms with Crippen LogP contribution in [0.25, 0.3) is 0 Å². The summed E-state index contributed by atoms with van der Waals surface area (Å²) in [5, 5.41) is 0. The molecule has 0 amide bonds. The Kier molecular flexibility index (Phi) is 2.00. The molecule has 1 aliphatic heterocycles. The van der Waals surface area contributed by atoms with Crippen molar-refractivity contribution in [2.24, 2.45) is 5.73 Å². The Labute approximate surface area is 78.7 Å². The van der Waals surface area contributed by atoms with E-state index in [9.17, 15) is 0 Å². The second kappa shape index (κ2) is 3.04. The van der Waals surface area contributed by atoms with Crippen LogP contribution >= 0.6 is 0 Å². The summed E-state index contributed by atoms with van der Waals surface area (Å²) in [6, 6.07) is 4.36. The molecule has 0 radical (unpaired) electrons. The summed E-state index contributed by atoms with van der Waals surface area (Å²) in [4.78, 5) is 0. The molecule has 2 rings (SSSR count). The predicted molar refractivity (Wildman–Crippen MR) is 53.0 cm³/mol. The minimum Gasteiger partial charge on any atom is -0.493 e. The monoisotopic (exact) mass is 177 g/mol. The predicted octanol–water partition coefficient (Wildman–Crippen LogP) is 2.09. The Balaban J connectivity index is 2.60. The van der Waals surface area contributed by atoms with Gasteiger partial charge in [-0.15, -0.1) is 0 Å². The number of benzene rings is 1. The third-order valence-electron chi connectivity index (χ3n) is 2.66. The molecule has 0 aliphatic carbocycles. The first-order valence-corrected chi connectivity index (χ1v) is 4.68. The molecule has 1 unspecified atom stereocenters. The molecule has 1 aromatic carbocycles. The smallest absolute Gasteiger partial charge is 0.127 e. The second-order valence-electron chi connectivity index (χ2n) is 3.69. The van der Waals surface area contributed by atoms with Gasteiger partial charge in [0.05, 0.1) is 6.61 Å². The normalized spacial score (nSPS) is 20.7. The number of hydrogen-bond acceptors (Lipinski definition) is 2. The van der Waals surface area contributed by atoms with E-state index in [4.69, 9.17) is 10.5 Å². The van der Waals surface area contributed by atoms with Gasteiger partial charge in [-0.3, -0.25) is 0 Å². The molecule has 2 N–H and O–H groups in total. The van der Waals surface area contributed by atoms with E-state index < -0.39 is 0 Å². The van der Waals surface area contributed by atoms with Crippen molar-refractivity contribution in [1.29, 1.82) is 0 Å². The van der Waals surface area contributed by atoms with E-state index in [1.54, 1.807) is 0 Å². The maximum absolute atomic E-state index is 6.04. The Hall–Kier alpha value is -1.02. The van der Waals surface area contributed by atoms with Crippen molar-refractivity contribution in [3.63, 3.8) is 0 Å². The van der Waals surface area contributed by atoms with E-state index in [1.165, 1.54) is 16.7 Å². The number of nitrogens with two attached hydrogens (primary N) is 1. The summed E-state index contributed by atoms with van der Waals surface area (Å²) in [6.07, 6.45) is 0.928. The van der Waals surface area contributed by atoms with Gasteiger partial charge in [-0.25, -0.2) is 0 Å². The molecular formula is C11H15NO. The zero-order valence-electron chi connectivity index (χ0n) is 8.13. The zero-order valence-corrected chi connectivity index (χ0v) is 8.13. The van der Waals surface area contributed by atoms with Gasteiger partial charge in [0.1, 0.15) is 5.75 Å². The molecule has 1 heterocycles. The average Bonchev–Trinajstić information content (AvgIpc) is 2.12. The summed E-state index contributed by atoms with van der Waals surface area (Å²) in [6.45, 7) is 4.90. The Morgan fingerprint density at radius 3 is 2.69 bits per heavy atom. The quantitative estimate of drug-likeness (QED) is 0.658. The van der Waals surface area contributed by atoms with E-state index in [0.717, 1.165) is 18.8 Å². The molecule has 0 aromatic heterocycles. The molecule has 1 atom stereocenters. The fraction of sp³-hybridized carbons (Fsp3) is 0.455. The summed E-state index contributed by atoms with van der Waals surface area (Å²) >= 11 is 0. The number of aryl methyl sites for hydroxylation is 2. The average molecular weight is 177 g/mol. The molecule has 0 bridgehead atoms. The highest BCUT2D eigenvalue weighted by Gasteiger charge is 2.21. The summed E-state index contributed by atoms with van der Waals surface area (Å²) in [7, 11) is 0. The van der Waals surface area contributed by atoms with Crippen LogP contribution in [-0.4, -0.2) is 6.61 Å². The first kappa shape index (κ1) is 8.57. The van der Waals surface area contributed by atoms with Crippen molar-refractivity contribution in [2.75, 3.05) is 6.61 Å². The van der Waals surface area contributed by atoms with Gasteiger partial charge in [0, 0.05) is 18.0 Å². The number of rotatable bonds is 0. The third-order valence-corrected chi connectivity index (χ3v) is 2.66. The topological polar surface area (TPSA) is 35.2 Å². The standard InChI is InChI=1S/C11H15NO/c1-7-3-4-8(2)11-10(7)9(12)5-6-13-11/h3-4,9H,5-6,12H2,1-2H3. The summed E-state index contributed by atoms with van der Waals surface area (Å²) in [5.41, 5.74) is 9.67. The van der Waals surface area contributed by atoms with Gasteiger partial charge in [-0.1, -0.05) is 12.1 Å². The van der Waals surface area contributed by atoms with E-state index in [0.29, 0.717) is 0 Å². The van der Waals surface area contributed by atoms with Crippen LogP contribution in [0.1, 0.15) is 29.2 Å². The number of hydrogen-bond donors (Lipinski definition) is 1. The molecule has 1 aromatic rings. The lowest BCUT2D eigenvalue weighted by Gasteiger charge is -2.26. The zero-order chi connectivity index (χ0) is 9.42. The molecule has 1 aliphatic rings. The number of fused-ring (bicyclic) bond motifs is 1. The van der Waals surface area contributed by atoms with Crippen molar-refractivity contribution in [3.05, 3.63) is 28.8 Å². The molecule has 0 fully saturated rings. The van der Waals surface area contributed by atoms with E-state index in [2.05, 4.69) is 26.0 Å². The summed E-state index contributed by atoms with van der Waals surface area (Å²) < 4.78 is 5.63. The van der Waals surface area contributed by atoms with Crippen molar-refractivity contribution < 1.29 is 4.74 Å². The Morgan fingerprint density at radius 1 is 1.31 bits per heavy atom. The molecular weight excluding hydrogens is 162 g/mol. The van der Waals surface area contributed by atoms with Gasteiger partial charge < -0.3 is 10.5 Å². The van der Waals surface area contributed by atoms with Crippen LogP contribution in [0.2, 0.25) is 0 Å². The van der Waals surface area contributed by atoms with Crippen LogP contribution in [0, 0.1) is 13.8 Å². The molecule has 13 heavy (non-hydrogen) atoms. The lowest BCUT2D eigenvalue weighted by atomic mass is 9.94. The summed E-state index contributed by atoms with van der Waals surface area (Å²) in [5.74, 6) is 1.01. The Bertz CT molecular complexity index is 333. The minimum absolute atomic E-state index is 0.156. The highest BCUT2D eigenvalue weighted by Crippen LogP contribution is 2.35. The van der Waals surface area contributed by atoms with Crippen molar-refractivity contribution in [1.82, 2.24) is 0 Å². The maximum Gasteiger partial charge on any atom is 0.127 e. The fourth-order valence-corrected chi connectivity index (χ4v) is 1.89. The Morgan fingerprint density at radius 2 is 2.00 bits per heavy atom. The van der Waals surface area contributed by atoms with Crippen LogP contribution < -0.4 is 10.5 Å². The van der Waals surface area contributed by atoms with Crippen LogP contribution in [0.3, 0.4) is 0 Å². The SMILES string of the molecule is Cc1ccc(C)c2c1OCCC2N. The van der Waals surface area contributed by atoms with Gasteiger partial charge in [0.25, 0.3) is 0 Å². The first-order valence-electron chi connectivity index (χ1n) is 4.68. The minimum atomic E-state index is 0.156. The van der Waals surface area contributed by atoms with E-state index in [1.807, 2.05) is 0 Å². The second-order valence-corrected chi connectivity index (χ2v) is 3.69. The van der Waals surface area contributed by atoms with Crippen LogP contribution in [0.5, 0.6) is 5.75 Å². The number of ether oxygens (including phenoxy) is 1. The van der Waals surface area contributed by atoms with Crippen LogP contribution in [0.15, 0.2) is 12.1 Å². The molecule has 2 heteroatoms.